The quantitative estimate of drug-likeness (QED) is 0.817. The van der Waals surface area contributed by atoms with E-state index in [-0.39, 0.29) is 0 Å². The van der Waals surface area contributed by atoms with Gasteiger partial charge in [-0.05, 0) is 69.4 Å². The van der Waals surface area contributed by atoms with Crippen molar-refractivity contribution in [3.63, 3.8) is 0 Å². The SMILES string of the molecule is CC1CCCN(C2CC(C(C)C)CCC2N)CC1. The molecule has 0 radical (unpaired) electrons. The smallest absolute Gasteiger partial charge is 0.0249 e. The minimum Gasteiger partial charge on any atom is -0.326 e. The predicted octanol–water partition coefficient (Wildman–Crippen LogP) is 3.26. The molecular formula is C16H32N2. The molecule has 0 amide bonds. The summed E-state index contributed by atoms with van der Waals surface area (Å²) in [6.45, 7) is 9.73. The van der Waals surface area contributed by atoms with Gasteiger partial charge in [-0.15, -0.1) is 0 Å². The largest absolute Gasteiger partial charge is 0.326 e. The van der Waals surface area contributed by atoms with Gasteiger partial charge in [-0.1, -0.05) is 20.8 Å². The normalized spacial score (nSPS) is 39.8. The molecule has 2 aliphatic rings. The molecule has 0 spiro atoms. The van der Waals surface area contributed by atoms with Crippen LogP contribution in [-0.4, -0.2) is 30.1 Å². The van der Waals surface area contributed by atoms with Crippen molar-refractivity contribution in [1.29, 1.82) is 0 Å². The van der Waals surface area contributed by atoms with Crippen molar-refractivity contribution in [2.45, 2.75) is 71.4 Å². The molecule has 1 saturated carbocycles. The first kappa shape index (κ1) is 14.3. The van der Waals surface area contributed by atoms with E-state index in [0.29, 0.717) is 12.1 Å². The summed E-state index contributed by atoms with van der Waals surface area (Å²) in [5.74, 6) is 2.64. The Morgan fingerprint density at radius 3 is 2.56 bits per heavy atom. The first-order valence-corrected chi connectivity index (χ1v) is 8.07. The van der Waals surface area contributed by atoms with Gasteiger partial charge in [0.1, 0.15) is 0 Å². The summed E-state index contributed by atoms with van der Waals surface area (Å²) in [6, 6.07) is 1.09. The number of likely N-dealkylation sites (tertiary alicyclic amines) is 1. The summed E-state index contributed by atoms with van der Waals surface area (Å²) in [5.41, 5.74) is 6.42. The van der Waals surface area contributed by atoms with E-state index < -0.39 is 0 Å². The fourth-order valence-electron chi connectivity index (χ4n) is 3.84. The molecule has 2 N–H and O–H groups in total. The molecule has 0 aromatic carbocycles. The molecule has 1 saturated heterocycles. The Hall–Kier alpha value is -0.0800. The summed E-state index contributed by atoms with van der Waals surface area (Å²) < 4.78 is 0. The van der Waals surface area contributed by atoms with Crippen LogP contribution >= 0.6 is 0 Å². The zero-order valence-electron chi connectivity index (χ0n) is 12.6. The second-order valence-corrected chi connectivity index (χ2v) is 7.12. The molecule has 4 atom stereocenters. The Balaban J connectivity index is 1.96. The molecule has 106 valence electrons. The molecule has 1 aliphatic heterocycles. The van der Waals surface area contributed by atoms with Crippen molar-refractivity contribution in [3.8, 4) is 0 Å². The fourth-order valence-corrected chi connectivity index (χ4v) is 3.84. The minimum atomic E-state index is 0.424. The average Bonchev–Trinajstić information content (AvgIpc) is 2.54. The van der Waals surface area contributed by atoms with Gasteiger partial charge in [0.25, 0.3) is 0 Å². The molecule has 18 heavy (non-hydrogen) atoms. The topological polar surface area (TPSA) is 29.3 Å². The summed E-state index contributed by atoms with van der Waals surface area (Å²) in [6.07, 6.45) is 8.07. The Labute approximate surface area is 113 Å². The van der Waals surface area contributed by atoms with E-state index in [1.807, 2.05) is 0 Å². The highest BCUT2D eigenvalue weighted by atomic mass is 15.2. The summed E-state index contributed by atoms with van der Waals surface area (Å²) >= 11 is 0. The zero-order valence-corrected chi connectivity index (χ0v) is 12.6. The minimum absolute atomic E-state index is 0.424. The van der Waals surface area contributed by atoms with Crippen LogP contribution in [0.3, 0.4) is 0 Å². The maximum absolute atomic E-state index is 6.42. The average molecular weight is 252 g/mol. The molecule has 1 heterocycles. The first-order chi connectivity index (χ1) is 8.58. The lowest BCUT2D eigenvalue weighted by atomic mass is 9.76. The molecule has 2 fully saturated rings. The van der Waals surface area contributed by atoms with Crippen molar-refractivity contribution in [2.75, 3.05) is 13.1 Å². The lowest BCUT2D eigenvalue weighted by molar-refractivity contribution is 0.0986. The van der Waals surface area contributed by atoms with Gasteiger partial charge in [0.2, 0.25) is 0 Å². The molecule has 2 nitrogen and oxygen atoms in total. The zero-order chi connectivity index (χ0) is 13.1. The molecule has 0 bridgehead atoms. The molecule has 0 aromatic rings. The lowest BCUT2D eigenvalue weighted by Crippen LogP contribution is -2.52. The lowest BCUT2D eigenvalue weighted by Gasteiger charge is -2.42. The summed E-state index contributed by atoms with van der Waals surface area (Å²) in [7, 11) is 0. The van der Waals surface area contributed by atoms with E-state index >= 15 is 0 Å². The van der Waals surface area contributed by atoms with Crippen LogP contribution in [0.2, 0.25) is 0 Å². The van der Waals surface area contributed by atoms with Crippen LogP contribution < -0.4 is 5.73 Å². The summed E-state index contributed by atoms with van der Waals surface area (Å²) in [5, 5.41) is 0. The van der Waals surface area contributed by atoms with Crippen LogP contribution in [0.5, 0.6) is 0 Å². The number of nitrogens with zero attached hydrogens (tertiary/aromatic N) is 1. The van der Waals surface area contributed by atoms with Crippen LogP contribution in [0.25, 0.3) is 0 Å². The maximum Gasteiger partial charge on any atom is 0.0249 e. The van der Waals surface area contributed by atoms with Gasteiger partial charge in [-0.25, -0.2) is 0 Å². The first-order valence-electron chi connectivity index (χ1n) is 8.07. The highest BCUT2D eigenvalue weighted by molar-refractivity contribution is 4.91. The third kappa shape index (κ3) is 3.48. The maximum atomic E-state index is 6.42. The van der Waals surface area contributed by atoms with Crippen LogP contribution in [0, 0.1) is 17.8 Å². The van der Waals surface area contributed by atoms with E-state index in [1.165, 1.54) is 51.6 Å². The Morgan fingerprint density at radius 2 is 1.83 bits per heavy atom. The molecular weight excluding hydrogens is 220 g/mol. The second-order valence-electron chi connectivity index (χ2n) is 7.12. The second kappa shape index (κ2) is 6.38. The van der Waals surface area contributed by atoms with Gasteiger partial charge in [0.15, 0.2) is 0 Å². The van der Waals surface area contributed by atoms with Gasteiger partial charge in [0.05, 0.1) is 0 Å². The summed E-state index contributed by atoms with van der Waals surface area (Å²) in [4.78, 5) is 2.72. The third-order valence-electron chi connectivity index (χ3n) is 5.37. The van der Waals surface area contributed by atoms with Crippen molar-refractivity contribution in [1.82, 2.24) is 4.90 Å². The monoisotopic (exact) mass is 252 g/mol. The Morgan fingerprint density at radius 1 is 1.06 bits per heavy atom. The van der Waals surface area contributed by atoms with Gasteiger partial charge in [0, 0.05) is 12.1 Å². The van der Waals surface area contributed by atoms with Crippen molar-refractivity contribution in [2.24, 2.45) is 23.5 Å². The third-order valence-corrected chi connectivity index (χ3v) is 5.37. The number of hydrogen-bond donors (Lipinski definition) is 1. The molecule has 0 aromatic heterocycles. The van der Waals surface area contributed by atoms with Crippen molar-refractivity contribution < 1.29 is 0 Å². The van der Waals surface area contributed by atoms with Crippen molar-refractivity contribution in [3.05, 3.63) is 0 Å². The Kier molecular flexibility index (Phi) is 5.08. The van der Waals surface area contributed by atoms with Gasteiger partial charge < -0.3 is 5.73 Å². The number of hydrogen-bond acceptors (Lipinski definition) is 2. The molecule has 4 unspecified atom stereocenters. The van der Waals surface area contributed by atoms with Crippen molar-refractivity contribution >= 4 is 0 Å². The van der Waals surface area contributed by atoms with E-state index in [9.17, 15) is 0 Å². The van der Waals surface area contributed by atoms with Gasteiger partial charge in [-0.2, -0.15) is 0 Å². The van der Waals surface area contributed by atoms with E-state index in [1.54, 1.807) is 0 Å². The van der Waals surface area contributed by atoms with Crippen LogP contribution in [0.1, 0.15) is 59.3 Å². The highest BCUT2D eigenvalue weighted by Gasteiger charge is 2.33. The molecule has 2 heteroatoms. The molecule has 1 aliphatic carbocycles. The van der Waals surface area contributed by atoms with Crippen LogP contribution in [0.4, 0.5) is 0 Å². The van der Waals surface area contributed by atoms with Crippen LogP contribution in [0.15, 0.2) is 0 Å². The molecule has 2 rings (SSSR count). The highest BCUT2D eigenvalue weighted by Crippen LogP contribution is 2.33. The number of rotatable bonds is 2. The van der Waals surface area contributed by atoms with E-state index in [0.717, 1.165) is 17.8 Å². The Bertz CT molecular complexity index is 251. The van der Waals surface area contributed by atoms with Gasteiger partial charge in [-0.3, -0.25) is 4.90 Å². The standard InChI is InChI=1S/C16H32N2/c1-12(2)14-6-7-15(17)16(11-14)18-9-4-5-13(3)8-10-18/h12-16H,4-11,17H2,1-3H3. The predicted molar refractivity (Wildman–Crippen MR) is 78.5 cm³/mol. The number of nitrogens with two attached hydrogens (primary N) is 1. The van der Waals surface area contributed by atoms with E-state index in [4.69, 9.17) is 5.73 Å². The fraction of sp³-hybridized carbons (Fsp3) is 1.00. The van der Waals surface area contributed by atoms with E-state index in [2.05, 4.69) is 25.7 Å². The van der Waals surface area contributed by atoms with Gasteiger partial charge >= 0.3 is 0 Å². The van der Waals surface area contributed by atoms with Crippen LogP contribution in [-0.2, 0) is 0 Å².